The molecule has 0 aliphatic carbocycles. The normalized spacial score (nSPS) is 11.9. The van der Waals surface area contributed by atoms with Crippen molar-refractivity contribution in [1.82, 2.24) is 0 Å². The highest BCUT2D eigenvalue weighted by Gasteiger charge is 2.29. The molecule has 0 saturated carbocycles. The van der Waals surface area contributed by atoms with Gasteiger partial charge in [0.15, 0.2) is 0 Å². The summed E-state index contributed by atoms with van der Waals surface area (Å²) >= 11 is 2.85. The number of aryl methyl sites for hydroxylation is 1. The molecule has 1 rings (SSSR count). The summed E-state index contributed by atoms with van der Waals surface area (Å²) in [6.07, 6.45) is 1.17. The van der Waals surface area contributed by atoms with Gasteiger partial charge in [0.05, 0.1) is 0 Å². The SMILES string of the molecule is FC(F)Oc1cc(CCCBr)cc(SC(F)(F)F)c1. The highest BCUT2D eigenvalue weighted by molar-refractivity contribution is 9.09. The van der Waals surface area contributed by atoms with Gasteiger partial charge in [-0.15, -0.1) is 0 Å². The lowest BCUT2D eigenvalue weighted by molar-refractivity contribution is -0.0500. The van der Waals surface area contributed by atoms with Crippen LogP contribution < -0.4 is 4.74 Å². The largest absolute Gasteiger partial charge is 0.446 e. The Bertz CT molecular complexity index is 411. The van der Waals surface area contributed by atoms with Crippen LogP contribution in [0.1, 0.15) is 12.0 Å². The summed E-state index contributed by atoms with van der Waals surface area (Å²) in [5, 5.41) is 0.675. The molecule has 8 heteroatoms. The Morgan fingerprint density at radius 1 is 1.21 bits per heavy atom. The van der Waals surface area contributed by atoms with Crippen LogP contribution in [-0.4, -0.2) is 17.4 Å². The molecule has 1 nitrogen and oxygen atoms in total. The number of thioether (sulfide) groups is 1. The van der Waals surface area contributed by atoms with Crippen LogP contribution in [0.5, 0.6) is 5.75 Å². The van der Waals surface area contributed by atoms with E-state index in [0.29, 0.717) is 23.7 Å². The van der Waals surface area contributed by atoms with Crippen molar-refractivity contribution >= 4 is 27.7 Å². The first-order chi connectivity index (χ1) is 8.80. The number of benzene rings is 1. The van der Waals surface area contributed by atoms with E-state index in [0.717, 1.165) is 6.07 Å². The molecular weight excluding hydrogens is 355 g/mol. The van der Waals surface area contributed by atoms with Gasteiger partial charge in [-0.05, 0) is 48.4 Å². The van der Waals surface area contributed by atoms with Gasteiger partial charge in [0.25, 0.3) is 0 Å². The van der Waals surface area contributed by atoms with Crippen molar-refractivity contribution in [2.45, 2.75) is 29.9 Å². The monoisotopic (exact) mass is 364 g/mol. The third kappa shape index (κ3) is 7.00. The Morgan fingerprint density at radius 2 is 1.89 bits per heavy atom. The molecule has 1 aromatic rings. The third-order valence-electron chi connectivity index (χ3n) is 2.00. The second kappa shape index (κ2) is 7.33. The van der Waals surface area contributed by atoms with Gasteiger partial charge in [-0.1, -0.05) is 15.9 Å². The summed E-state index contributed by atoms with van der Waals surface area (Å²) in [5.41, 5.74) is -3.93. The second-order valence-electron chi connectivity index (χ2n) is 3.53. The minimum Gasteiger partial charge on any atom is -0.435 e. The molecule has 108 valence electrons. The second-order valence-corrected chi connectivity index (χ2v) is 5.46. The molecular formula is C11H10BrF5OS. The van der Waals surface area contributed by atoms with Gasteiger partial charge in [0, 0.05) is 10.2 Å². The Labute approximate surface area is 119 Å². The first-order valence-corrected chi connectivity index (χ1v) is 7.14. The van der Waals surface area contributed by atoms with Gasteiger partial charge in [-0.3, -0.25) is 0 Å². The van der Waals surface area contributed by atoms with E-state index in [-0.39, 0.29) is 22.4 Å². The van der Waals surface area contributed by atoms with Crippen molar-refractivity contribution in [1.29, 1.82) is 0 Å². The number of rotatable bonds is 6. The molecule has 19 heavy (non-hydrogen) atoms. The van der Waals surface area contributed by atoms with Crippen LogP contribution in [0.25, 0.3) is 0 Å². The highest BCUT2D eigenvalue weighted by Crippen LogP contribution is 2.39. The van der Waals surface area contributed by atoms with E-state index >= 15 is 0 Å². The van der Waals surface area contributed by atoms with Crippen LogP contribution in [0.15, 0.2) is 23.1 Å². The van der Waals surface area contributed by atoms with Crippen molar-refractivity contribution in [2.75, 3.05) is 5.33 Å². The van der Waals surface area contributed by atoms with Gasteiger partial charge in [0.1, 0.15) is 5.75 Å². The van der Waals surface area contributed by atoms with Crippen molar-refractivity contribution in [3.05, 3.63) is 23.8 Å². The van der Waals surface area contributed by atoms with E-state index in [1.165, 1.54) is 12.1 Å². The predicted octanol–water partition coefficient (Wildman–Crippen LogP) is 5.23. The average molecular weight is 365 g/mol. The molecule has 0 aliphatic rings. The van der Waals surface area contributed by atoms with Crippen LogP contribution in [0.3, 0.4) is 0 Å². The van der Waals surface area contributed by atoms with E-state index in [1.54, 1.807) is 0 Å². The molecule has 0 N–H and O–H groups in total. The maximum absolute atomic E-state index is 12.3. The maximum atomic E-state index is 12.3. The first-order valence-electron chi connectivity index (χ1n) is 5.20. The Hall–Kier alpha value is -0.500. The standard InChI is InChI=1S/C11H10BrF5OS/c12-3-1-2-7-4-8(18-10(13)14)6-9(5-7)19-11(15,16)17/h4-6,10H,1-3H2. The van der Waals surface area contributed by atoms with Gasteiger partial charge >= 0.3 is 12.1 Å². The fourth-order valence-corrected chi connectivity index (χ4v) is 2.34. The number of hydrogen-bond donors (Lipinski definition) is 0. The Kier molecular flexibility index (Phi) is 6.38. The lowest BCUT2D eigenvalue weighted by Crippen LogP contribution is -2.04. The van der Waals surface area contributed by atoms with E-state index in [4.69, 9.17) is 0 Å². The Morgan fingerprint density at radius 3 is 2.42 bits per heavy atom. The number of hydrogen-bond acceptors (Lipinski definition) is 2. The molecule has 0 atom stereocenters. The molecule has 0 aliphatic heterocycles. The van der Waals surface area contributed by atoms with Crippen molar-refractivity contribution in [3.63, 3.8) is 0 Å². The summed E-state index contributed by atoms with van der Waals surface area (Å²) in [6, 6.07) is 3.62. The van der Waals surface area contributed by atoms with E-state index < -0.39 is 12.1 Å². The lowest BCUT2D eigenvalue weighted by atomic mass is 10.1. The van der Waals surface area contributed by atoms with Crippen LogP contribution >= 0.6 is 27.7 Å². The van der Waals surface area contributed by atoms with Gasteiger partial charge in [0.2, 0.25) is 0 Å². The molecule has 0 heterocycles. The van der Waals surface area contributed by atoms with Gasteiger partial charge < -0.3 is 4.74 Å². The number of halogens is 6. The quantitative estimate of drug-likeness (QED) is 0.388. The van der Waals surface area contributed by atoms with Crippen LogP contribution in [0, 0.1) is 0 Å². The van der Waals surface area contributed by atoms with Crippen molar-refractivity contribution in [3.8, 4) is 5.75 Å². The summed E-state index contributed by atoms with van der Waals surface area (Å²) in [4.78, 5) is -0.157. The molecule has 0 amide bonds. The predicted molar refractivity (Wildman–Crippen MR) is 67.1 cm³/mol. The summed E-state index contributed by atoms with van der Waals surface area (Å²) in [7, 11) is 0. The average Bonchev–Trinajstić information content (AvgIpc) is 2.22. The molecule has 0 bridgehead atoms. The minimum absolute atomic E-state index is 0.157. The molecule has 0 fully saturated rings. The van der Waals surface area contributed by atoms with Gasteiger partial charge in [-0.25, -0.2) is 0 Å². The Balaban J connectivity index is 2.94. The number of alkyl halides is 6. The van der Waals surface area contributed by atoms with Crippen molar-refractivity contribution < 1.29 is 26.7 Å². The summed E-state index contributed by atoms with van der Waals surface area (Å²) in [6.45, 7) is -3.06. The van der Waals surface area contributed by atoms with Gasteiger partial charge in [-0.2, -0.15) is 22.0 Å². The molecule has 0 saturated heterocycles. The fourth-order valence-electron chi connectivity index (χ4n) is 1.41. The first kappa shape index (κ1) is 16.6. The smallest absolute Gasteiger partial charge is 0.435 e. The topological polar surface area (TPSA) is 9.23 Å². The fraction of sp³-hybridized carbons (Fsp3) is 0.455. The highest BCUT2D eigenvalue weighted by atomic mass is 79.9. The van der Waals surface area contributed by atoms with Crippen LogP contribution in [-0.2, 0) is 6.42 Å². The third-order valence-corrected chi connectivity index (χ3v) is 3.26. The molecule has 1 aromatic carbocycles. The minimum atomic E-state index is -4.46. The maximum Gasteiger partial charge on any atom is 0.446 e. The summed E-state index contributed by atoms with van der Waals surface area (Å²) < 4.78 is 65.3. The zero-order valence-corrected chi connectivity index (χ0v) is 11.9. The zero-order chi connectivity index (χ0) is 14.5. The number of ether oxygens (including phenoxy) is 1. The van der Waals surface area contributed by atoms with E-state index in [1.807, 2.05) is 0 Å². The zero-order valence-electron chi connectivity index (χ0n) is 9.52. The van der Waals surface area contributed by atoms with Crippen LogP contribution in [0.2, 0.25) is 0 Å². The molecule has 0 unspecified atom stereocenters. The van der Waals surface area contributed by atoms with Crippen molar-refractivity contribution in [2.24, 2.45) is 0 Å². The van der Waals surface area contributed by atoms with E-state index in [2.05, 4.69) is 20.7 Å². The van der Waals surface area contributed by atoms with E-state index in [9.17, 15) is 22.0 Å². The molecule has 0 spiro atoms. The van der Waals surface area contributed by atoms with Crippen LogP contribution in [0.4, 0.5) is 22.0 Å². The summed E-state index contributed by atoms with van der Waals surface area (Å²) in [5.74, 6) is -0.256. The molecule has 0 aromatic heterocycles. The molecule has 0 radical (unpaired) electrons. The lowest BCUT2D eigenvalue weighted by Gasteiger charge is -2.11.